The number of carbonyl (C=O) groups excluding carboxylic acids is 2. The van der Waals surface area contributed by atoms with E-state index in [2.05, 4.69) is 25.2 Å². The predicted octanol–water partition coefficient (Wildman–Crippen LogP) is 3.30. The Labute approximate surface area is 163 Å². The first-order valence-corrected chi connectivity index (χ1v) is 8.97. The van der Waals surface area contributed by atoms with Crippen molar-refractivity contribution in [2.24, 2.45) is 0 Å². The Morgan fingerprint density at radius 3 is 2.89 bits per heavy atom. The molecule has 0 radical (unpaired) electrons. The van der Waals surface area contributed by atoms with Crippen LogP contribution < -0.4 is 5.32 Å². The molecule has 27 heavy (non-hydrogen) atoms. The Morgan fingerprint density at radius 1 is 1.30 bits per heavy atom. The normalized spacial score (nSPS) is 10.4. The second-order valence-corrected chi connectivity index (χ2v) is 6.47. The quantitative estimate of drug-likeness (QED) is 0.492. The van der Waals surface area contributed by atoms with Crippen LogP contribution in [-0.2, 0) is 9.53 Å². The minimum atomic E-state index is -0.584. The van der Waals surface area contributed by atoms with Gasteiger partial charge in [-0.25, -0.2) is 4.79 Å². The third-order valence-electron chi connectivity index (χ3n) is 3.30. The Kier molecular flexibility index (Phi) is 6.05. The van der Waals surface area contributed by atoms with Gasteiger partial charge in [0.2, 0.25) is 11.8 Å². The average molecular weight is 405 g/mol. The molecule has 10 heteroatoms. The molecule has 0 aliphatic heterocycles. The van der Waals surface area contributed by atoms with Crippen LogP contribution in [0.1, 0.15) is 10.4 Å². The first-order valence-electron chi connectivity index (χ1n) is 7.61. The number of nitrogens with one attached hydrogen (secondary N) is 1. The van der Waals surface area contributed by atoms with Gasteiger partial charge in [0.1, 0.15) is 0 Å². The monoisotopic (exact) mass is 404 g/mol. The van der Waals surface area contributed by atoms with Crippen molar-refractivity contribution in [3.63, 3.8) is 0 Å². The average Bonchev–Trinajstić information content (AvgIpc) is 3.17. The second kappa shape index (κ2) is 8.65. The third-order valence-corrected chi connectivity index (χ3v) is 4.45. The second-order valence-electron chi connectivity index (χ2n) is 5.14. The molecule has 0 bridgehead atoms. The van der Waals surface area contributed by atoms with Crippen molar-refractivity contribution in [2.75, 3.05) is 18.2 Å². The van der Waals surface area contributed by atoms with Gasteiger partial charge in [-0.2, -0.15) is 0 Å². The number of hydrogen-bond acceptors (Lipinski definition) is 8. The van der Waals surface area contributed by atoms with E-state index >= 15 is 0 Å². The molecule has 2 heterocycles. The lowest BCUT2D eigenvalue weighted by Crippen LogP contribution is -2.14. The highest BCUT2D eigenvalue weighted by atomic mass is 35.5. The van der Waals surface area contributed by atoms with E-state index in [9.17, 15) is 9.59 Å². The molecule has 1 amide bonds. The molecular weight excluding hydrogens is 392 g/mol. The van der Waals surface area contributed by atoms with Crippen LogP contribution in [0.5, 0.6) is 0 Å². The number of anilines is 1. The largest absolute Gasteiger partial charge is 0.465 e. The molecule has 0 aliphatic carbocycles. The maximum absolute atomic E-state index is 12.1. The number of ether oxygens (including phenoxy) is 1. The number of benzene rings is 1. The summed E-state index contributed by atoms with van der Waals surface area (Å²) in [5.74, 6) is -0.518. The van der Waals surface area contributed by atoms with E-state index in [1.807, 2.05) is 0 Å². The Morgan fingerprint density at radius 2 is 2.15 bits per heavy atom. The molecule has 2 aromatic heterocycles. The van der Waals surface area contributed by atoms with Gasteiger partial charge < -0.3 is 14.5 Å². The van der Waals surface area contributed by atoms with E-state index in [0.717, 1.165) is 11.8 Å². The van der Waals surface area contributed by atoms with Crippen LogP contribution in [0.15, 0.2) is 52.4 Å². The molecule has 0 atom stereocenters. The fraction of sp³-hybridized carbons (Fsp3) is 0.118. The van der Waals surface area contributed by atoms with Gasteiger partial charge in [-0.3, -0.25) is 9.78 Å². The zero-order valence-corrected chi connectivity index (χ0v) is 15.6. The van der Waals surface area contributed by atoms with Crippen LogP contribution in [0, 0.1) is 0 Å². The number of thioether (sulfide) groups is 1. The first-order chi connectivity index (χ1) is 13.1. The molecule has 8 nitrogen and oxygen atoms in total. The number of rotatable bonds is 6. The highest BCUT2D eigenvalue weighted by Crippen LogP contribution is 2.24. The van der Waals surface area contributed by atoms with E-state index in [0.29, 0.717) is 17.1 Å². The zero-order chi connectivity index (χ0) is 19.2. The smallest absolute Gasteiger partial charge is 0.339 e. The minimum absolute atomic E-state index is 0.0465. The molecule has 0 aliphatic rings. The number of pyridine rings is 1. The summed E-state index contributed by atoms with van der Waals surface area (Å²) in [5.41, 5.74) is 1.28. The lowest BCUT2D eigenvalue weighted by atomic mass is 10.2. The van der Waals surface area contributed by atoms with E-state index in [1.165, 1.54) is 19.2 Å². The lowest BCUT2D eigenvalue weighted by molar-refractivity contribution is -0.113. The van der Waals surface area contributed by atoms with Gasteiger partial charge in [0, 0.05) is 18.1 Å². The number of aromatic nitrogens is 3. The minimum Gasteiger partial charge on any atom is -0.465 e. The number of methoxy groups -OCH3 is 1. The summed E-state index contributed by atoms with van der Waals surface area (Å²) >= 11 is 7.04. The summed E-state index contributed by atoms with van der Waals surface area (Å²) < 4.78 is 10.1. The van der Waals surface area contributed by atoms with Crippen molar-refractivity contribution in [2.45, 2.75) is 5.22 Å². The number of nitrogens with zero attached hydrogens (tertiary/aromatic N) is 3. The SMILES string of the molecule is COC(=O)c1cc(NC(=O)CSc2nnc(-c3cccnc3)o2)ccc1Cl. The van der Waals surface area contributed by atoms with E-state index < -0.39 is 5.97 Å². The fourth-order valence-electron chi connectivity index (χ4n) is 2.07. The zero-order valence-electron chi connectivity index (χ0n) is 14.0. The van der Waals surface area contributed by atoms with Gasteiger partial charge in [0.05, 0.1) is 29.0 Å². The number of halogens is 1. The van der Waals surface area contributed by atoms with Gasteiger partial charge in [-0.1, -0.05) is 23.4 Å². The predicted molar refractivity (Wildman–Crippen MR) is 99.7 cm³/mol. The maximum atomic E-state index is 12.1. The van der Waals surface area contributed by atoms with Crippen LogP contribution >= 0.6 is 23.4 Å². The number of hydrogen-bond donors (Lipinski definition) is 1. The van der Waals surface area contributed by atoms with Crippen LogP contribution in [0.25, 0.3) is 11.5 Å². The van der Waals surface area contributed by atoms with Crippen molar-refractivity contribution < 1.29 is 18.7 Å². The summed E-state index contributed by atoms with van der Waals surface area (Å²) in [7, 11) is 1.25. The third kappa shape index (κ3) is 4.83. The highest BCUT2D eigenvalue weighted by Gasteiger charge is 2.14. The molecule has 3 rings (SSSR count). The van der Waals surface area contributed by atoms with Gasteiger partial charge in [-0.15, -0.1) is 10.2 Å². The summed E-state index contributed by atoms with van der Waals surface area (Å²) in [6.45, 7) is 0. The van der Waals surface area contributed by atoms with Crippen molar-refractivity contribution in [1.29, 1.82) is 0 Å². The molecule has 1 N–H and O–H groups in total. The number of carbonyl (C=O) groups is 2. The van der Waals surface area contributed by atoms with Crippen LogP contribution in [0.3, 0.4) is 0 Å². The van der Waals surface area contributed by atoms with E-state index in [1.54, 1.807) is 30.6 Å². The molecule has 0 unspecified atom stereocenters. The number of amides is 1. The lowest BCUT2D eigenvalue weighted by Gasteiger charge is -2.07. The summed E-state index contributed by atoms with van der Waals surface area (Å²) in [4.78, 5) is 27.7. The van der Waals surface area contributed by atoms with Gasteiger partial charge >= 0.3 is 5.97 Å². The summed E-state index contributed by atoms with van der Waals surface area (Å²) in [6.07, 6.45) is 3.25. The molecule has 0 spiro atoms. The molecule has 3 aromatic rings. The van der Waals surface area contributed by atoms with Crippen molar-refractivity contribution in [3.8, 4) is 11.5 Å². The van der Waals surface area contributed by atoms with Crippen LogP contribution in [-0.4, -0.2) is 39.9 Å². The maximum Gasteiger partial charge on any atom is 0.339 e. The molecular formula is C17H13ClN4O4S. The van der Waals surface area contributed by atoms with Crippen LogP contribution in [0.2, 0.25) is 5.02 Å². The highest BCUT2D eigenvalue weighted by molar-refractivity contribution is 7.99. The Hall–Kier alpha value is -2.91. The molecule has 138 valence electrons. The van der Waals surface area contributed by atoms with Gasteiger partial charge in [0.25, 0.3) is 5.22 Å². The van der Waals surface area contributed by atoms with Gasteiger partial charge in [-0.05, 0) is 30.3 Å². The van der Waals surface area contributed by atoms with Crippen molar-refractivity contribution >= 4 is 40.9 Å². The van der Waals surface area contributed by atoms with E-state index in [-0.39, 0.29) is 27.5 Å². The molecule has 1 aromatic carbocycles. The number of esters is 1. The standard InChI is InChI=1S/C17H13ClN4O4S/c1-25-16(24)12-7-11(4-5-13(12)18)20-14(23)9-27-17-22-21-15(26-17)10-3-2-6-19-8-10/h2-8H,9H2,1H3,(H,20,23). The van der Waals surface area contributed by atoms with Crippen molar-refractivity contribution in [3.05, 3.63) is 53.3 Å². The van der Waals surface area contributed by atoms with Crippen LogP contribution in [0.4, 0.5) is 5.69 Å². The van der Waals surface area contributed by atoms with Crippen molar-refractivity contribution in [1.82, 2.24) is 15.2 Å². The van der Waals surface area contributed by atoms with Gasteiger partial charge in [0.15, 0.2) is 0 Å². The molecule has 0 saturated heterocycles. The first kappa shape index (κ1) is 18.9. The Balaban J connectivity index is 1.59. The summed E-state index contributed by atoms with van der Waals surface area (Å²) in [5, 5.41) is 11.0. The summed E-state index contributed by atoms with van der Waals surface area (Å²) in [6, 6.07) is 8.10. The topological polar surface area (TPSA) is 107 Å². The molecule has 0 fully saturated rings. The fourth-order valence-corrected chi connectivity index (χ4v) is 2.83. The Bertz CT molecular complexity index is 965. The molecule has 0 saturated carbocycles. The van der Waals surface area contributed by atoms with E-state index in [4.69, 9.17) is 16.0 Å².